The summed E-state index contributed by atoms with van der Waals surface area (Å²) in [4.78, 5) is 24.6. The van der Waals surface area contributed by atoms with Crippen LogP contribution in [0.3, 0.4) is 0 Å². The van der Waals surface area contributed by atoms with Gasteiger partial charge in [-0.25, -0.2) is 0 Å². The van der Waals surface area contributed by atoms with Gasteiger partial charge < -0.3 is 16.0 Å². The molecule has 1 aliphatic heterocycles. The van der Waals surface area contributed by atoms with Crippen molar-refractivity contribution in [1.29, 1.82) is 0 Å². The summed E-state index contributed by atoms with van der Waals surface area (Å²) in [5, 5.41) is 9.74. The Kier molecular flexibility index (Phi) is 9.91. The minimum Gasteiger partial charge on any atom is -0.356 e. The minimum absolute atomic E-state index is 0. The van der Waals surface area contributed by atoms with Crippen molar-refractivity contribution in [2.45, 2.75) is 83.1 Å². The SMILES string of the molecule is Cl.O=C(CC1CCCCC1)NC1CCC(C(=O)NCCC2CCNC2)CC1. The van der Waals surface area contributed by atoms with Crippen LogP contribution in [0.2, 0.25) is 0 Å². The Morgan fingerprint density at radius 2 is 1.63 bits per heavy atom. The first-order valence-corrected chi connectivity index (χ1v) is 11.0. The molecule has 0 aromatic rings. The standard InChI is InChI=1S/C21H37N3O2.ClH/c25-20(14-16-4-2-1-3-5-16)24-19-8-6-18(7-9-19)21(26)23-13-11-17-10-12-22-15-17;/h16-19,22H,1-15H2,(H,23,26)(H,24,25);1H. The molecule has 0 bridgehead atoms. The Morgan fingerprint density at radius 3 is 2.30 bits per heavy atom. The zero-order valence-corrected chi connectivity index (χ0v) is 17.5. The maximum atomic E-state index is 12.3. The number of nitrogens with one attached hydrogen (secondary N) is 3. The van der Waals surface area contributed by atoms with Gasteiger partial charge in [-0.15, -0.1) is 12.4 Å². The van der Waals surface area contributed by atoms with Crippen LogP contribution in [0.4, 0.5) is 0 Å². The largest absolute Gasteiger partial charge is 0.356 e. The van der Waals surface area contributed by atoms with Gasteiger partial charge in [-0.3, -0.25) is 9.59 Å². The Labute approximate surface area is 170 Å². The third-order valence-electron chi connectivity index (χ3n) is 6.68. The van der Waals surface area contributed by atoms with Crippen LogP contribution in [0, 0.1) is 17.8 Å². The third kappa shape index (κ3) is 7.61. The first-order chi connectivity index (χ1) is 12.7. The van der Waals surface area contributed by atoms with Gasteiger partial charge in [0.2, 0.25) is 11.8 Å². The van der Waals surface area contributed by atoms with Gasteiger partial charge >= 0.3 is 0 Å². The fraction of sp³-hybridized carbons (Fsp3) is 0.905. The van der Waals surface area contributed by atoms with Crippen molar-refractivity contribution in [3.8, 4) is 0 Å². The second-order valence-electron chi connectivity index (χ2n) is 8.76. The van der Waals surface area contributed by atoms with Gasteiger partial charge in [-0.05, 0) is 76.3 Å². The molecule has 1 unspecified atom stereocenters. The summed E-state index contributed by atoms with van der Waals surface area (Å²) in [6, 6.07) is 0.278. The average molecular weight is 400 g/mol. The summed E-state index contributed by atoms with van der Waals surface area (Å²) < 4.78 is 0. The Bertz CT molecular complexity index is 454. The highest BCUT2D eigenvalue weighted by molar-refractivity contribution is 5.85. The van der Waals surface area contributed by atoms with Crippen molar-refractivity contribution in [2.75, 3.05) is 19.6 Å². The molecule has 0 radical (unpaired) electrons. The third-order valence-corrected chi connectivity index (χ3v) is 6.68. The van der Waals surface area contributed by atoms with Crippen LogP contribution < -0.4 is 16.0 Å². The van der Waals surface area contributed by atoms with Crippen LogP contribution in [-0.2, 0) is 9.59 Å². The molecule has 6 heteroatoms. The second kappa shape index (κ2) is 11.9. The summed E-state index contributed by atoms with van der Waals surface area (Å²) >= 11 is 0. The van der Waals surface area contributed by atoms with Crippen LogP contribution in [-0.4, -0.2) is 37.5 Å². The van der Waals surface area contributed by atoms with Gasteiger partial charge in [-0.2, -0.15) is 0 Å². The number of halogens is 1. The number of hydrogen-bond donors (Lipinski definition) is 3. The zero-order chi connectivity index (χ0) is 18.2. The van der Waals surface area contributed by atoms with Crippen LogP contribution in [0.15, 0.2) is 0 Å². The van der Waals surface area contributed by atoms with E-state index in [4.69, 9.17) is 0 Å². The van der Waals surface area contributed by atoms with Crippen molar-refractivity contribution in [3.05, 3.63) is 0 Å². The molecule has 3 aliphatic rings. The van der Waals surface area contributed by atoms with Gasteiger partial charge in [0.15, 0.2) is 0 Å². The molecule has 3 rings (SSSR count). The average Bonchev–Trinajstić information content (AvgIpc) is 3.16. The van der Waals surface area contributed by atoms with Gasteiger partial charge in [0, 0.05) is 24.9 Å². The van der Waals surface area contributed by atoms with Crippen LogP contribution >= 0.6 is 12.4 Å². The molecule has 0 aromatic carbocycles. The lowest BCUT2D eigenvalue weighted by Gasteiger charge is -2.29. The molecular formula is C21H38ClN3O2. The first kappa shape index (κ1) is 22.5. The van der Waals surface area contributed by atoms with E-state index < -0.39 is 0 Å². The molecule has 1 heterocycles. The van der Waals surface area contributed by atoms with Crippen molar-refractivity contribution in [1.82, 2.24) is 16.0 Å². The maximum Gasteiger partial charge on any atom is 0.223 e. The summed E-state index contributed by atoms with van der Waals surface area (Å²) in [7, 11) is 0. The molecule has 3 fully saturated rings. The summed E-state index contributed by atoms with van der Waals surface area (Å²) in [6.45, 7) is 3.03. The predicted molar refractivity (Wildman–Crippen MR) is 111 cm³/mol. The number of carbonyl (C=O) groups is 2. The summed E-state index contributed by atoms with van der Waals surface area (Å²) in [5.74, 6) is 1.92. The van der Waals surface area contributed by atoms with E-state index in [1.807, 2.05) is 0 Å². The molecule has 2 saturated carbocycles. The molecule has 0 spiro atoms. The highest BCUT2D eigenvalue weighted by Gasteiger charge is 2.27. The molecular weight excluding hydrogens is 362 g/mol. The van der Waals surface area contributed by atoms with E-state index in [1.165, 1.54) is 38.5 Å². The predicted octanol–water partition coefficient (Wildman–Crippen LogP) is 3.17. The first-order valence-electron chi connectivity index (χ1n) is 11.0. The maximum absolute atomic E-state index is 12.3. The lowest BCUT2D eigenvalue weighted by atomic mass is 9.84. The van der Waals surface area contributed by atoms with Crippen LogP contribution in [0.1, 0.15) is 77.0 Å². The van der Waals surface area contributed by atoms with E-state index in [2.05, 4.69) is 16.0 Å². The molecule has 156 valence electrons. The molecule has 1 saturated heterocycles. The molecule has 2 aliphatic carbocycles. The van der Waals surface area contributed by atoms with E-state index in [1.54, 1.807) is 0 Å². The van der Waals surface area contributed by atoms with E-state index in [0.29, 0.717) is 12.3 Å². The number of carbonyl (C=O) groups excluding carboxylic acids is 2. The van der Waals surface area contributed by atoms with E-state index in [-0.39, 0.29) is 36.2 Å². The van der Waals surface area contributed by atoms with E-state index >= 15 is 0 Å². The molecule has 2 amide bonds. The lowest BCUT2D eigenvalue weighted by molar-refractivity contribution is -0.126. The fourth-order valence-corrected chi connectivity index (χ4v) is 4.94. The van der Waals surface area contributed by atoms with Crippen molar-refractivity contribution >= 4 is 24.2 Å². The number of hydrogen-bond acceptors (Lipinski definition) is 3. The Balaban J connectivity index is 0.00000261. The molecule has 5 nitrogen and oxygen atoms in total. The van der Waals surface area contributed by atoms with Crippen LogP contribution in [0.25, 0.3) is 0 Å². The fourth-order valence-electron chi connectivity index (χ4n) is 4.94. The summed E-state index contributed by atoms with van der Waals surface area (Å²) in [6.07, 6.45) is 13.1. The monoisotopic (exact) mass is 399 g/mol. The Hall–Kier alpha value is -0.810. The molecule has 3 N–H and O–H groups in total. The smallest absolute Gasteiger partial charge is 0.223 e. The van der Waals surface area contributed by atoms with E-state index in [0.717, 1.165) is 57.7 Å². The van der Waals surface area contributed by atoms with E-state index in [9.17, 15) is 9.59 Å². The zero-order valence-electron chi connectivity index (χ0n) is 16.6. The quantitative estimate of drug-likeness (QED) is 0.615. The number of rotatable bonds is 7. The van der Waals surface area contributed by atoms with Crippen molar-refractivity contribution in [2.24, 2.45) is 17.8 Å². The lowest BCUT2D eigenvalue weighted by Crippen LogP contribution is -2.41. The second-order valence-corrected chi connectivity index (χ2v) is 8.76. The summed E-state index contributed by atoms with van der Waals surface area (Å²) in [5.41, 5.74) is 0. The van der Waals surface area contributed by atoms with Crippen LogP contribution in [0.5, 0.6) is 0 Å². The Morgan fingerprint density at radius 1 is 0.889 bits per heavy atom. The minimum atomic E-state index is 0. The highest BCUT2D eigenvalue weighted by Crippen LogP contribution is 2.27. The topological polar surface area (TPSA) is 70.2 Å². The van der Waals surface area contributed by atoms with Gasteiger partial charge in [-0.1, -0.05) is 19.3 Å². The van der Waals surface area contributed by atoms with Gasteiger partial charge in [0.25, 0.3) is 0 Å². The highest BCUT2D eigenvalue weighted by atomic mass is 35.5. The van der Waals surface area contributed by atoms with Gasteiger partial charge in [0.05, 0.1) is 0 Å². The molecule has 27 heavy (non-hydrogen) atoms. The van der Waals surface area contributed by atoms with Crippen molar-refractivity contribution < 1.29 is 9.59 Å². The molecule has 0 aromatic heterocycles. The number of amides is 2. The normalized spacial score (nSPS) is 29.0. The molecule has 1 atom stereocenters. The van der Waals surface area contributed by atoms with Crippen molar-refractivity contribution in [3.63, 3.8) is 0 Å². The van der Waals surface area contributed by atoms with Gasteiger partial charge in [0.1, 0.15) is 0 Å².